The van der Waals surface area contributed by atoms with Gasteiger partial charge in [-0.1, -0.05) is 42.5 Å². The van der Waals surface area contributed by atoms with Crippen LogP contribution >= 0.6 is 0 Å². The molecule has 1 atom stereocenters. The molecule has 0 aromatic heterocycles. The standard InChI is InChI=1S/C21H27N5/c1-3-7-18(8-4-1)11-22-23-20(19-9-5-2-6-10-19)21-12-24-15-25(13-21)17-26(14-21)16-24/h1-3,5-6,9-11,18H,4,7-8,12-17H2. The summed E-state index contributed by atoms with van der Waals surface area (Å²) in [5, 5.41) is 9.46. The van der Waals surface area contributed by atoms with Gasteiger partial charge >= 0.3 is 0 Å². The van der Waals surface area contributed by atoms with Gasteiger partial charge in [0.1, 0.15) is 0 Å². The molecule has 5 nitrogen and oxygen atoms in total. The fraction of sp³-hybridized carbons (Fsp3) is 0.524. The minimum Gasteiger partial charge on any atom is -0.276 e. The van der Waals surface area contributed by atoms with E-state index in [1.165, 1.54) is 17.7 Å². The van der Waals surface area contributed by atoms with Crippen LogP contribution in [-0.4, -0.2) is 66.3 Å². The van der Waals surface area contributed by atoms with Crippen molar-refractivity contribution in [3.63, 3.8) is 0 Å². The van der Waals surface area contributed by atoms with E-state index in [0.717, 1.165) is 52.5 Å². The monoisotopic (exact) mass is 349 g/mol. The first kappa shape index (κ1) is 16.4. The van der Waals surface area contributed by atoms with Gasteiger partial charge in [-0.15, -0.1) is 0 Å². The Hall–Kier alpha value is -1.82. The van der Waals surface area contributed by atoms with E-state index in [-0.39, 0.29) is 5.41 Å². The van der Waals surface area contributed by atoms with Gasteiger partial charge in [0.25, 0.3) is 0 Å². The van der Waals surface area contributed by atoms with E-state index < -0.39 is 0 Å². The molecule has 0 spiro atoms. The highest BCUT2D eigenvalue weighted by Gasteiger charge is 2.51. The van der Waals surface area contributed by atoms with Crippen LogP contribution in [0.3, 0.4) is 0 Å². The number of nitrogens with zero attached hydrogens (tertiary/aromatic N) is 5. The molecule has 5 heteroatoms. The normalized spacial score (nSPS) is 39.0. The summed E-state index contributed by atoms with van der Waals surface area (Å²) in [5.41, 5.74) is 2.46. The third-order valence-corrected chi connectivity index (χ3v) is 6.07. The highest BCUT2D eigenvalue weighted by atomic mass is 15.5. The van der Waals surface area contributed by atoms with Crippen molar-refractivity contribution in [3.8, 4) is 0 Å². The number of allylic oxidation sites excluding steroid dienone is 2. The Labute approximate surface area is 155 Å². The Balaban J connectivity index is 1.47. The van der Waals surface area contributed by atoms with Crippen LogP contribution in [0.15, 0.2) is 52.7 Å². The maximum Gasteiger partial charge on any atom is 0.0802 e. The second-order valence-corrected chi connectivity index (χ2v) is 8.32. The molecule has 1 aromatic carbocycles. The number of hydrogen-bond donors (Lipinski definition) is 0. The minimum atomic E-state index is 0.0694. The minimum absolute atomic E-state index is 0.0694. The summed E-state index contributed by atoms with van der Waals surface area (Å²) in [6.07, 6.45) is 10.1. The summed E-state index contributed by atoms with van der Waals surface area (Å²) in [5.74, 6) is 0.536. The van der Waals surface area contributed by atoms with Crippen LogP contribution in [0.1, 0.15) is 24.8 Å². The van der Waals surface area contributed by atoms with Crippen LogP contribution < -0.4 is 0 Å². The van der Waals surface area contributed by atoms with E-state index >= 15 is 0 Å². The molecule has 1 unspecified atom stereocenters. The van der Waals surface area contributed by atoms with Crippen LogP contribution in [0.5, 0.6) is 0 Å². The molecule has 0 saturated carbocycles. The summed E-state index contributed by atoms with van der Waals surface area (Å²) in [6, 6.07) is 10.7. The molecule has 26 heavy (non-hydrogen) atoms. The predicted octanol–water partition coefficient (Wildman–Crippen LogP) is 2.62. The van der Waals surface area contributed by atoms with E-state index in [1.54, 1.807) is 0 Å². The lowest BCUT2D eigenvalue weighted by Crippen LogP contribution is -2.74. The van der Waals surface area contributed by atoms with E-state index in [9.17, 15) is 0 Å². The molecule has 0 amide bonds. The fourth-order valence-electron chi connectivity index (χ4n) is 5.15. The molecular weight excluding hydrogens is 322 g/mol. The van der Waals surface area contributed by atoms with Crippen LogP contribution in [0.25, 0.3) is 0 Å². The zero-order chi connectivity index (χ0) is 17.4. The lowest BCUT2D eigenvalue weighted by Gasteiger charge is -2.60. The van der Waals surface area contributed by atoms with E-state index in [4.69, 9.17) is 5.10 Å². The third kappa shape index (κ3) is 3.04. The topological polar surface area (TPSA) is 34.4 Å². The van der Waals surface area contributed by atoms with Gasteiger partial charge in [-0.3, -0.25) is 14.7 Å². The van der Waals surface area contributed by atoms with Crippen molar-refractivity contribution >= 4 is 11.9 Å². The van der Waals surface area contributed by atoms with Gasteiger partial charge in [0.05, 0.1) is 31.1 Å². The molecule has 4 fully saturated rings. The Morgan fingerprint density at radius 2 is 1.65 bits per heavy atom. The van der Waals surface area contributed by atoms with E-state index in [0.29, 0.717) is 5.92 Å². The van der Waals surface area contributed by atoms with Gasteiger partial charge in [0, 0.05) is 25.8 Å². The first-order valence-corrected chi connectivity index (χ1v) is 9.80. The molecule has 4 bridgehead atoms. The lowest BCUT2D eigenvalue weighted by molar-refractivity contribution is -0.149. The Morgan fingerprint density at radius 3 is 2.27 bits per heavy atom. The van der Waals surface area contributed by atoms with Gasteiger partial charge in [-0.2, -0.15) is 10.2 Å². The summed E-state index contributed by atoms with van der Waals surface area (Å²) < 4.78 is 0. The highest BCUT2D eigenvalue weighted by Crippen LogP contribution is 2.38. The van der Waals surface area contributed by atoms with Gasteiger partial charge < -0.3 is 0 Å². The summed E-state index contributed by atoms with van der Waals surface area (Å²) in [4.78, 5) is 7.64. The molecule has 4 aliphatic heterocycles. The van der Waals surface area contributed by atoms with Crippen LogP contribution in [0.4, 0.5) is 0 Å². The maximum absolute atomic E-state index is 4.86. The first-order chi connectivity index (χ1) is 12.8. The molecule has 0 N–H and O–H groups in total. The van der Waals surface area contributed by atoms with Crippen molar-refractivity contribution in [3.05, 3.63) is 48.0 Å². The molecule has 5 aliphatic rings. The largest absolute Gasteiger partial charge is 0.276 e. The van der Waals surface area contributed by atoms with E-state index in [2.05, 4.69) is 68.5 Å². The van der Waals surface area contributed by atoms with Gasteiger partial charge in [0.2, 0.25) is 0 Å². The van der Waals surface area contributed by atoms with Crippen molar-refractivity contribution < 1.29 is 0 Å². The molecule has 1 aliphatic carbocycles. The zero-order valence-corrected chi connectivity index (χ0v) is 15.3. The predicted molar refractivity (Wildman–Crippen MR) is 105 cm³/mol. The van der Waals surface area contributed by atoms with Gasteiger partial charge in [0.15, 0.2) is 0 Å². The molecule has 136 valence electrons. The van der Waals surface area contributed by atoms with Gasteiger partial charge in [-0.05, 0) is 30.7 Å². The summed E-state index contributed by atoms with van der Waals surface area (Å²) in [7, 11) is 0. The second kappa shape index (κ2) is 6.72. The van der Waals surface area contributed by atoms with Crippen molar-refractivity contribution in [2.75, 3.05) is 39.6 Å². The average Bonchev–Trinajstić information content (AvgIpc) is 2.65. The number of benzene rings is 1. The van der Waals surface area contributed by atoms with Crippen molar-refractivity contribution in [2.24, 2.45) is 21.5 Å². The number of hydrogen-bond acceptors (Lipinski definition) is 5. The summed E-state index contributed by atoms with van der Waals surface area (Å²) in [6.45, 7) is 6.56. The average molecular weight is 349 g/mol. The maximum atomic E-state index is 4.86. The van der Waals surface area contributed by atoms with Crippen molar-refractivity contribution in [1.82, 2.24) is 14.7 Å². The fourth-order valence-corrected chi connectivity index (χ4v) is 5.15. The Bertz CT molecular complexity index is 701. The number of rotatable bonds is 4. The highest BCUT2D eigenvalue weighted by molar-refractivity contribution is 6.05. The van der Waals surface area contributed by atoms with Crippen molar-refractivity contribution in [1.29, 1.82) is 0 Å². The molecule has 1 aromatic rings. The van der Waals surface area contributed by atoms with Crippen LogP contribution in [0, 0.1) is 11.3 Å². The SMILES string of the molecule is C1=CCC(C=NN=C(c2ccccc2)C23CN4CN(CN(C4)C2)C3)CC1. The molecule has 4 heterocycles. The third-order valence-electron chi connectivity index (χ3n) is 6.07. The zero-order valence-electron chi connectivity index (χ0n) is 15.3. The van der Waals surface area contributed by atoms with Crippen LogP contribution in [0.2, 0.25) is 0 Å². The molecular formula is C21H27N5. The second-order valence-electron chi connectivity index (χ2n) is 8.32. The lowest BCUT2D eigenvalue weighted by atomic mass is 9.74. The Kier molecular flexibility index (Phi) is 4.23. The molecule has 6 rings (SSSR count). The van der Waals surface area contributed by atoms with Crippen molar-refractivity contribution in [2.45, 2.75) is 19.3 Å². The molecule has 4 saturated heterocycles. The Morgan fingerprint density at radius 1 is 0.962 bits per heavy atom. The van der Waals surface area contributed by atoms with Crippen LogP contribution in [-0.2, 0) is 0 Å². The first-order valence-electron chi connectivity index (χ1n) is 9.80. The quantitative estimate of drug-likeness (QED) is 0.476. The smallest absolute Gasteiger partial charge is 0.0802 e. The molecule has 0 radical (unpaired) electrons. The summed E-state index contributed by atoms with van der Waals surface area (Å²) >= 11 is 0. The van der Waals surface area contributed by atoms with Gasteiger partial charge in [-0.25, -0.2) is 0 Å². The van der Waals surface area contributed by atoms with E-state index in [1.807, 2.05) is 0 Å².